The number of piperazine rings is 1. The summed E-state index contributed by atoms with van der Waals surface area (Å²) in [6, 6.07) is 13.1. The fourth-order valence-electron chi connectivity index (χ4n) is 3.59. The van der Waals surface area contributed by atoms with E-state index in [2.05, 4.69) is 67.1 Å². The van der Waals surface area contributed by atoms with Gasteiger partial charge in [-0.15, -0.1) is 0 Å². The van der Waals surface area contributed by atoms with Crippen LogP contribution in [0.15, 0.2) is 36.4 Å². The third-order valence-corrected chi connectivity index (χ3v) is 5.76. The van der Waals surface area contributed by atoms with E-state index in [1.54, 1.807) is 7.11 Å². The van der Waals surface area contributed by atoms with Crippen molar-refractivity contribution in [3.8, 4) is 5.75 Å². The quantitative estimate of drug-likeness (QED) is 0.786. The number of hydrogen-bond donors (Lipinski definition) is 1. The maximum absolute atomic E-state index is 5.71. The molecule has 3 rings (SSSR count). The third kappa shape index (κ3) is 4.35. The molecule has 0 radical (unpaired) electrons. The second kappa shape index (κ2) is 8.17. The van der Waals surface area contributed by atoms with Crippen LogP contribution in [0.25, 0.3) is 0 Å². The van der Waals surface area contributed by atoms with Crippen molar-refractivity contribution in [1.29, 1.82) is 0 Å². The normalized spacial score (nSPS) is 17.0. The summed E-state index contributed by atoms with van der Waals surface area (Å²) >= 11 is 5.71. The molecule has 1 aliphatic rings. The summed E-state index contributed by atoms with van der Waals surface area (Å²) in [5.41, 5.74) is 6.15. The highest BCUT2D eigenvalue weighted by molar-refractivity contribution is 7.80. The summed E-state index contributed by atoms with van der Waals surface area (Å²) in [5.74, 6) is 0.888. The lowest BCUT2D eigenvalue weighted by Gasteiger charge is -2.42. The summed E-state index contributed by atoms with van der Waals surface area (Å²) < 4.78 is 5.26. The zero-order valence-corrected chi connectivity index (χ0v) is 17.7. The number of anilines is 2. The van der Waals surface area contributed by atoms with Crippen LogP contribution < -0.4 is 15.0 Å². The number of ether oxygens (including phenoxy) is 1. The lowest BCUT2D eigenvalue weighted by atomic mass is 10.1. The van der Waals surface area contributed by atoms with Gasteiger partial charge in [-0.25, -0.2) is 0 Å². The van der Waals surface area contributed by atoms with Crippen molar-refractivity contribution < 1.29 is 4.74 Å². The van der Waals surface area contributed by atoms with Crippen LogP contribution in [-0.4, -0.2) is 42.8 Å². The smallest absolute Gasteiger partial charge is 0.173 e. The Kier molecular flexibility index (Phi) is 5.90. The first-order chi connectivity index (χ1) is 12.9. The second-order valence-corrected chi connectivity index (χ2v) is 7.75. The van der Waals surface area contributed by atoms with Gasteiger partial charge >= 0.3 is 0 Å². The minimum atomic E-state index is 0.382. The monoisotopic (exact) mass is 383 g/mol. The number of benzene rings is 2. The van der Waals surface area contributed by atoms with Crippen LogP contribution >= 0.6 is 12.2 Å². The molecule has 2 aromatic rings. The van der Waals surface area contributed by atoms with Gasteiger partial charge in [-0.2, -0.15) is 0 Å². The maximum atomic E-state index is 5.71. The van der Waals surface area contributed by atoms with Gasteiger partial charge in [0.2, 0.25) is 0 Å². The van der Waals surface area contributed by atoms with Gasteiger partial charge in [0.25, 0.3) is 0 Å². The molecular formula is C22H29N3OS. The SMILES string of the molecule is COc1ccc(N2CCN(C(=S)Nc3cc(C)c(C)cc3C)CC2C)cc1. The number of thiocarbonyl (C=S) groups is 1. The van der Waals surface area contributed by atoms with Crippen molar-refractivity contribution in [2.24, 2.45) is 0 Å². The number of hydrogen-bond acceptors (Lipinski definition) is 3. The van der Waals surface area contributed by atoms with Gasteiger partial charge in [0.1, 0.15) is 5.75 Å². The Morgan fingerprint density at radius 3 is 2.33 bits per heavy atom. The van der Waals surface area contributed by atoms with Crippen LogP contribution in [-0.2, 0) is 0 Å². The van der Waals surface area contributed by atoms with Crippen LogP contribution in [0.2, 0.25) is 0 Å². The molecule has 1 heterocycles. The highest BCUT2D eigenvalue weighted by atomic mass is 32.1. The molecule has 1 N–H and O–H groups in total. The van der Waals surface area contributed by atoms with Crippen molar-refractivity contribution in [3.05, 3.63) is 53.1 Å². The maximum Gasteiger partial charge on any atom is 0.173 e. The van der Waals surface area contributed by atoms with E-state index >= 15 is 0 Å². The van der Waals surface area contributed by atoms with E-state index in [1.165, 1.54) is 22.4 Å². The van der Waals surface area contributed by atoms with Gasteiger partial charge in [-0.05, 0) is 86.9 Å². The Bertz CT molecular complexity index is 819. The summed E-state index contributed by atoms with van der Waals surface area (Å²) in [6.07, 6.45) is 0. The number of aryl methyl sites for hydroxylation is 3. The molecule has 0 aliphatic carbocycles. The van der Waals surface area contributed by atoms with E-state index < -0.39 is 0 Å². The van der Waals surface area contributed by atoms with Crippen LogP contribution in [0.3, 0.4) is 0 Å². The van der Waals surface area contributed by atoms with Gasteiger partial charge in [-0.3, -0.25) is 0 Å². The average Bonchev–Trinajstić information content (AvgIpc) is 2.66. The third-order valence-electron chi connectivity index (χ3n) is 5.40. The van der Waals surface area contributed by atoms with E-state index in [4.69, 9.17) is 17.0 Å². The van der Waals surface area contributed by atoms with E-state index in [0.29, 0.717) is 6.04 Å². The molecule has 0 aromatic heterocycles. The van der Waals surface area contributed by atoms with Gasteiger partial charge < -0.3 is 19.9 Å². The molecule has 1 atom stereocenters. The molecule has 1 saturated heterocycles. The van der Waals surface area contributed by atoms with E-state index in [0.717, 1.165) is 36.2 Å². The second-order valence-electron chi connectivity index (χ2n) is 7.37. The molecule has 0 bridgehead atoms. The molecular weight excluding hydrogens is 354 g/mol. The topological polar surface area (TPSA) is 27.7 Å². The molecule has 5 heteroatoms. The average molecular weight is 384 g/mol. The Morgan fingerprint density at radius 2 is 1.70 bits per heavy atom. The van der Waals surface area contributed by atoms with E-state index in [-0.39, 0.29) is 0 Å². The number of nitrogens with one attached hydrogen (secondary N) is 1. The number of nitrogens with zero attached hydrogens (tertiary/aromatic N) is 2. The summed E-state index contributed by atoms with van der Waals surface area (Å²) in [6.45, 7) is 11.4. The first kappa shape index (κ1) is 19.5. The lowest BCUT2D eigenvalue weighted by Crippen LogP contribution is -2.54. The molecule has 0 amide bonds. The first-order valence-corrected chi connectivity index (χ1v) is 9.84. The number of rotatable bonds is 3. The van der Waals surface area contributed by atoms with E-state index in [1.807, 2.05) is 12.1 Å². The predicted molar refractivity (Wildman–Crippen MR) is 118 cm³/mol. The molecule has 27 heavy (non-hydrogen) atoms. The summed E-state index contributed by atoms with van der Waals surface area (Å²) in [5, 5.41) is 4.27. The standard InChI is InChI=1S/C22H29N3OS/c1-15-12-17(3)21(13-16(15)2)23-22(27)24-10-11-25(18(4)14-24)19-6-8-20(26-5)9-7-19/h6-9,12-13,18H,10-11,14H2,1-5H3,(H,23,27). The van der Waals surface area contributed by atoms with Crippen LogP contribution in [0.4, 0.5) is 11.4 Å². The van der Waals surface area contributed by atoms with Crippen LogP contribution in [0.1, 0.15) is 23.6 Å². The molecule has 1 aliphatic heterocycles. The highest BCUT2D eigenvalue weighted by Crippen LogP contribution is 2.25. The largest absolute Gasteiger partial charge is 0.497 e. The minimum Gasteiger partial charge on any atom is -0.497 e. The van der Waals surface area contributed by atoms with Crippen molar-refractivity contribution in [3.63, 3.8) is 0 Å². The first-order valence-electron chi connectivity index (χ1n) is 9.43. The number of methoxy groups -OCH3 is 1. The fourth-order valence-corrected chi connectivity index (χ4v) is 3.86. The Morgan fingerprint density at radius 1 is 1.04 bits per heavy atom. The van der Waals surface area contributed by atoms with E-state index in [9.17, 15) is 0 Å². The van der Waals surface area contributed by atoms with Gasteiger partial charge in [0.15, 0.2) is 5.11 Å². The highest BCUT2D eigenvalue weighted by Gasteiger charge is 2.25. The zero-order valence-electron chi connectivity index (χ0n) is 16.9. The predicted octanol–water partition coefficient (Wildman–Crippen LogP) is 4.53. The lowest BCUT2D eigenvalue weighted by molar-refractivity contribution is 0.342. The Hall–Kier alpha value is -2.27. The molecule has 1 fully saturated rings. The molecule has 144 valence electrons. The van der Waals surface area contributed by atoms with Gasteiger partial charge in [0, 0.05) is 37.1 Å². The summed E-state index contributed by atoms with van der Waals surface area (Å²) in [4.78, 5) is 4.70. The van der Waals surface area contributed by atoms with Gasteiger partial charge in [-0.1, -0.05) is 6.07 Å². The Labute approximate surface area is 168 Å². The summed E-state index contributed by atoms with van der Waals surface area (Å²) in [7, 11) is 1.70. The molecule has 0 saturated carbocycles. The molecule has 2 aromatic carbocycles. The van der Waals surface area contributed by atoms with Crippen molar-refractivity contribution in [2.75, 3.05) is 37.0 Å². The molecule has 0 spiro atoms. The van der Waals surface area contributed by atoms with Crippen LogP contribution in [0, 0.1) is 20.8 Å². The minimum absolute atomic E-state index is 0.382. The Balaban J connectivity index is 1.65. The van der Waals surface area contributed by atoms with Crippen molar-refractivity contribution in [1.82, 2.24) is 4.90 Å². The molecule has 1 unspecified atom stereocenters. The molecule has 4 nitrogen and oxygen atoms in total. The zero-order chi connectivity index (χ0) is 19.6. The fraction of sp³-hybridized carbons (Fsp3) is 0.409. The van der Waals surface area contributed by atoms with Crippen molar-refractivity contribution >= 4 is 28.7 Å². The van der Waals surface area contributed by atoms with Crippen molar-refractivity contribution in [2.45, 2.75) is 33.7 Å². The van der Waals surface area contributed by atoms with Gasteiger partial charge in [0.05, 0.1) is 7.11 Å². The van der Waals surface area contributed by atoms with Crippen LogP contribution in [0.5, 0.6) is 5.75 Å².